The molecule has 106 valence electrons. The standard InChI is InChI=1S/C18H23NS/c1-15(2)18(14-20-17-12-8-5-9-13-17)19(3)16-10-6-4-7-11-16/h4-13,15,18H,14H2,1-3H3/t18-/m1/s1. The topological polar surface area (TPSA) is 3.24 Å². The largest absolute Gasteiger partial charge is 0.371 e. The molecule has 0 unspecified atom stereocenters. The Morgan fingerprint density at radius 1 is 0.900 bits per heavy atom. The number of hydrogen-bond donors (Lipinski definition) is 0. The Labute approximate surface area is 127 Å². The third-order valence-corrected chi connectivity index (χ3v) is 4.71. The first kappa shape index (κ1) is 15.0. The van der Waals surface area contributed by atoms with E-state index in [1.807, 2.05) is 11.8 Å². The highest BCUT2D eigenvalue weighted by molar-refractivity contribution is 7.99. The number of hydrogen-bond acceptors (Lipinski definition) is 2. The predicted octanol–water partition coefficient (Wildman–Crippen LogP) is 4.94. The van der Waals surface area contributed by atoms with Crippen molar-refractivity contribution in [2.24, 2.45) is 5.92 Å². The van der Waals surface area contributed by atoms with Crippen LogP contribution in [-0.4, -0.2) is 18.8 Å². The van der Waals surface area contributed by atoms with Crippen molar-refractivity contribution >= 4 is 17.4 Å². The van der Waals surface area contributed by atoms with Crippen molar-refractivity contribution in [3.05, 3.63) is 60.7 Å². The van der Waals surface area contributed by atoms with Crippen molar-refractivity contribution in [3.8, 4) is 0 Å². The van der Waals surface area contributed by atoms with Crippen molar-refractivity contribution in [1.82, 2.24) is 0 Å². The molecule has 2 rings (SSSR count). The number of rotatable bonds is 6. The summed E-state index contributed by atoms with van der Waals surface area (Å²) in [7, 11) is 2.20. The van der Waals surface area contributed by atoms with E-state index in [-0.39, 0.29) is 0 Å². The van der Waals surface area contributed by atoms with Crippen molar-refractivity contribution in [2.75, 3.05) is 17.7 Å². The SMILES string of the molecule is CC(C)[C@@H](CSc1ccccc1)N(C)c1ccccc1. The molecule has 1 nitrogen and oxygen atoms in total. The summed E-state index contributed by atoms with van der Waals surface area (Å²) in [6, 6.07) is 21.8. The summed E-state index contributed by atoms with van der Waals surface area (Å²) in [4.78, 5) is 3.75. The van der Waals surface area contributed by atoms with Gasteiger partial charge in [-0.1, -0.05) is 50.2 Å². The molecule has 20 heavy (non-hydrogen) atoms. The lowest BCUT2D eigenvalue weighted by Gasteiger charge is -2.33. The fourth-order valence-corrected chi connectivity index (χ4v) is 3.63. The molecule has 0 aliphatic heterocycles. The van der Waals surface area contributed by atoms with Gasteiger partial charge in [-0.15, -0.1) is 11.8 Å². The summed E-state index contributed by atoms with van der Waals surface area (Å²) in [6.07, 6.45) is 0. The normalized spacial score (nSPS) is 12.4. The van der Waals surface area contributed by atoms with Gasteiger partial charge in [0.05, 0.1) is 0 Å². The molecular formula is C18H23NS. The maximum atomic E-state index is 2.40. The zero-order valence-corrected chi connectivity index (χ0v) is 13.3. The second kappa shape index (κ2) is 7.39. The molecule has 0 aliphatic rings. The Morgan fingerprint density at radius 3 is 2.00 bits per heavy atom. The van der Waals surface area contributed by atoms with Crippen molar-refractivity contribution < 1.29 is 0 Å². The molecule has 0 spiro atoms. The van der Waals surface area contributed by atoms with Crippen LogP contribution in [0.1, 0.15) is 13.8 Å². The van der Waals surface area contributed by atoms with Gasteiger partial charge in [0, 0.05) is 29.4 Å². The van der Waals surface area contributed by atoms with E-state index in [2.05, 4.69) is 86.5 Å². The van der Waals surface area contributed by atoms with Crippen molar-refractivity contribution in [3.63, 3.8) is 0 Å². The van der Waals surface area contributed by atoms with Gasteiger partial charge < -0.3 is 4.90 Å². The average molecular weight is 285 g/mol. The van der Waals surface area contributed by atoms with Gasteiger partial charge >= 0.3 is 0 Å². The molecule has 0 amide bonds. The Kier molecular flexibility index (Phi) is 5.54. The first-order valence-electron chi connectivity index (χ1n) is 7.14. The second-order valence-electron chi connectivity index (χ2n) is 5.38. The minimum atomic E-state index is 0.530. The Balaban J connectivity index is 2.04. The number of benzene rings is 2. The Hall–Kier alpha value is -1.41. The van der Waals surface area contributed by atoms with Crippen LogP contribution in [0.25, 0.3) is 0 Å². The third kappa shape index (κ3) is 4.04. The van der Waals surface area contributed by atoms with E-state index in [1.54, 1.807) is 0 Å². The molecule has 0 saturated heterocycles. The fourth-order valence-electron chi connectivity index (χ4n) is 2.30. The first-order chi connectivity index (χ1) is 9.68. The number of anilines is 1. The van der Waals surface area contributed by atoms with Gasteiger partial charge in [-0.05, 0) is 30.2 Å². The van der Waals surface area contributed by atoms with E-state index in [4.69, 9.17) is 0 Å². The van der Waals surface area contributed by atoms with Crippen LogP contribution >= 0.6 is 11.8 Å². The van der Waals surface area contributed by atoms with E-state index in [0.717, 1.165) is 5.75 Å². The summed E-state index contributed by atoms with van der Waals surface area (Å²) >= 11 is 1.94. The fraction of sp³-hybridized carbons (Fsp3) is 0.333. The molecule has 0 aromatic heterocycles. The minimum absolute atomic E-state index is 0.530. The van der Waals surface area contributed by atoms with Gasteiger partial charge in [0.15, 0.2) is 0 Å². The molecule has 0 aliphatic carbocycles. The molecule has 0 fully saturated rings. The lowest BCUT2D eigenvalue weighted by molar-refractivity contribution is 0.512. The highest BCUT2D eigenvalue weighted by Crippen LogP contribution is 2.25. The molecule has 2 aromatic carbocycles. The van der Waals surface area contributed by atoms with Crippen LogP contribution in [0.4, 0.5) is 5.69 Å². The molecule has 1 atom stereocenters. The highest BCUT2D eigenvalue weighted by atomic mass is 32.2. The van der Waals surface area contributed by atoms with Gasteiger partial charge in [-0.25, -0.2) is 0 Å². The first-order valence-corrected chi connectivity index (χ1v) is 8.13. The van der Waals surface area contributed by atoms with Crippen LogP contribution in [0, 0.1) is 5.92 Å². The number of thioether (sulfide) groups is 1. The lowest BCUT2D eigenvalue weighted by Crippen LogP contribution is -2.38. The maximum absolute atomic E-state index is 2.40. The van der Waals surface area contributed by atoms with Crippen molar-refractivity contribution in [1.29, 1.82) is 0 Å². The molecule has 0 heterocycles. The molecule has 2 heteroatoms. The van der Waals surface area contributed by atoms with Crippen LogP contribution in [0.3, 0.4) is 0 Å². The molecular weight excluding hydrogens is 262 g/mol. The zero-order valence-electron chi connectivity index (χ0n) is 12.5. The quantitative estimate of drug-likeness (QED) is 0.692. The zero-order chi connectivity index (χ0) is 14.4. The summed E-state index contributed by atoms with van der Waals surface area (Å²) < 4.78 is 0. The van der Waals surface area contributed by atoms with Gasteiger partial charge in [0.1, 0.15) is 0 Å². The third-order valence-electron chi connectivity index (χ3n) is 3.59. The summed E-state index contributed by atoms with van der Waals surface area (Å²) in [5, 5.41) is 0. The van der Waals surface area contributed by atoms with Crippen LogP contribution in [0.2, 0.25) is 0 Å². The number of nitrogens with zero attached hydrogens (tertiary/aromatic N) is 1. The molecule has 2 aromatic rings. The van der Waals surface area contributed by atoms with Crippen LogP contribution in [0.15, 0.2) is 65.6 Å². The maximum Gasteiger partial charge on any atom is 0.0403 e. The van der Waals surface area contributed by atoms with E-state index >= 15 is 0 Å². The van der Waals surface area contributed by atoms with Gasteiger partial charge in [0.25, 0.3) is 0 Å². The lowest BCUT2D eigenvalue weighted by atomic mass is 10.0. The van der Waals surface area contributed by atoms with E-state index in [0.29, 0.717) is 12.0 Å². The smallest absolute Gasteiger partial charge is 0.0403 e. The molecule has 0 bridgehead atoms. The van der Waals surface area contributed by atoms with Crippen LogP contribution in [0.5, 0.6) is 0 Å². The number of para-hydroxylation sites is 1. The average Bonchev–Trinajstić information content (AvgIpc) is 2.49. The molecule has 0 radical (unpaired) electrons. The van der Waals surface area contributed by atoms with Gasteiger partial charge in [0.2, 0.25) is 0 Å². The monoisotopic (exact) mass is 285 g/mol. The minimum Gasteiger partial charge on any atom is -0.371 e. The van der Waals surface area contributed by atoms with E-state index in [9.17, 15) is 0 Å². The summed E-state index contributed by atoms with van der Waals surface area (Å²) in [5.41, 5.74) is 1.29. The summed E-state index contributed by atoms with van der Waals surface area (Å²) in [6.45, 7) is 4.60. The van der Waals surface area contributed by atoms with Crippen LogP contribution in [-0.2, 0) is 0 Å². The Bertz CT molecular complexity index is 495. The predicted molar refractivity (Wildman–Crippen MR) is 90.6 cm³/mol. The molecule has 0 saturated carbocycles. The van der Waals surface area contributed by atoms with Gasteiger partial charge in [-0.2, -0.15) is 0 Å². The summed E-state index contributed by atoms with van der Waals surface area (Å²) in [5.74, 6) is 1.73. The van der Waals surface area contributed by atoms with E-state index < -0.39 is 0 Å². The van der Waals surface area contributed by atoms with Crippen LogP contribution < -0.4 is 4.90 Å². The van der Waals surface area contributed by atoms with E-state index in [1.165, 1.54) is 10.6 Å². The highest BCUT2D eigenvalue weighted by Gasteiger charge is 2.19. The molecule has 0 N–H and O–H groups in total. The second-order valence-corrected chi connectivity index (χ2v) is 6.48. The van der Waals surface area contributed by atoms with Gasteiger partial charge in [-0.3, -0.25) is 0 Å². The Morgan fingerprint density at radius 2 is 1.45 bits per heavy atom. The van der Waals surface area contributed by atoms with Crippen molar-refractivity contribution in [2.45, 2.75) is 24.8 Å².